The van der Waals surface area contributed by atoms with Crippen molar-refractivity contribution in [3.05, 3.63) is 12.2 Å². The molecular weight excluding hydrogens is 232 g/mol. The van der Waals surface area contributed by atoms with Crippen molar-refractivity contribution in [1.82, 2.24) is 5.32 Å². The fourth-order valence-corrected chi connectivity index (χ4v) is 3.71. The molecule has 3 aliphatic rings. The number of nitriles is 1. The molecule has 5 nitrogen and oxygen atoms in total. The first-order valence-electron chi connectivity index (χ1n) is 6.10. The van der Waals surface area contributed by atoms with Crippen LogP contribution in [0.25, 0.3) is 0 Å². The quantitative estimate of drug-likeness (QED) is 0.569. The van der Waals surface area contributed by atoms with Crippen LogP contribution in [-0.2, 0) is 14.3 Å². The summed E-state index contributed by atoms with van der Waals surface area (Å²) >= 11 is 0. The van der Waals surface area contributed by atoms with Gasteiger partial charge in [0.1, 0.15) is 6.07 Å². The first kappa shape index (κ1) is 11.3. The molecule has 0 aromatic carbocycles. The molecule has 0 aromatic rings. The summed E-state index contributed by atoms with van der Waals surface area (Å²) in [7, 11) is 0. The SMILES string of the molecule is C=C(C)C(=O)NC1C2CC3C(=O)OC1(C#N)C3C2. The van der Waals surface area contributed by atoms with E-state index in [1.165, 1.54) is 0 Å². The minimum atomic E-state index is -1.14. The van der Waals surface area contributed by atoms with Crippen LogP contribution in [0.5, 0.6) is 0 Å². The molecule has 0 spiro atoms. The number of carbonyl (C=O) groups excluding carboxylic acids is 2. The van der Waals surface area contributed by atoms with Crippen molar-refractivity contribution in [2.45, 2.75) is 31.4 Å². The van der Waals surface area contributed by atoms with E-state index in [1.54, 1.807) is 6.92 Å². The number of fused-ring (bicyclic) bond motifs is 1. The zero-order chi connectivity index (χ0) is 13.1. The van der Waals surface area contributed by atoms with Gasteiger partial charge in [0.2, 0.25) is 11.5 Å². The number of amides is 1. The van der Waals surface area contributed by atoms with Crippen LogP contribution in [-0.4, -0.2) is 23.5 Å². The highest BCUT2D eigenvalue weighted by Crippen LogP contribution is 2.60. The van der Waals surface area contributed by atoms with Gasteiger partial charge in [-0.25, -0.2) is 0 Å². The topological polar surface area (TPSA) is 79.2 Å². The molecule has 18 heavy (non-hydrogen) atoms. The van der Waals surface area contributed by atoms with Crippen LogP contribution in [0.4, 0.5) is 0 Å². The van der Waals surface area contributed by atoms with Crippen molar-refractivity contribution in [1.29, 1.82) is 5.26 Å². The van der Waals surface area contributed by atoms with E-state index in [0.29, 0.717) is 12.0 Å². The second-order valence-corrected chi connectivity index (χ2v) is 5.50. The van der Waals surface area contributed by atoms with E-state index in [-0.39, 0.29) is 35.7 Å². The van der Waals surface area contributed by atoms with Crippen molar-refractivity contribution >= 4 is 11.9 Å². The van der Waals surface area contributed by atoms with Crippen molar-refractivity contribution in [2.75, 3.05) is 0 Å². The zero-order valence-corrected chi connectivity index (χ0v) is 10.1. The summed E-state index contributed by atoms with van der Waals surface area (Å²) < 4.78 is 5.32. The molecule has 0 radical (unpaired) electrons. The number of rotatable bonds is 2. The van der Waals surface area contributed by atoms with Gasteiger partial charge in [0.15, 0.2) is 0 Å². The fourth-order valence-electron chi connectivity index (χ4n) is 3.71. The van der Waals surface area contributed by atoms with Gasteiger partial charge < -0.3 is 10.1 Å². The third-order valence-corrected chi connectivity index (χ3v) is 4.50. The molecule has 5 heteroatoms. The van der Waals surface area contributed by atoms with E-state index in [9.17, 15) is 14.9 Å². The normalized spacial score (nSPS) is 43.4. The first-order chi connectivity index (χ1) is 8.49. The highest BCUT2D eigenvalue weighted by atomic mass is 16.6. The Labute approximate surface area is 105 Å². The van der Waals surface area contributed by atoms with E-state index >= 15 is 0 Å². The minimum absolute atomic E-state index is 0.0598. The van der Waals surface area contributed by atoms with Crippen LogP contribution in [0, 0.1) is 29.1 Å². The number of ether oxygens (including phenoxy) is 1. The van der Waals surface area contributed by atoms with Gasteiger partial charge in [-0.05, 0) is 25.7 Å². The van der Waals surface area contributed by atoms with Crippen LogP contribution in [0.15, 0.2) is 12.2 Å². The predicted molar refractivity (Wildman–Crippen MR) is 60.9 cm³/mol. The third-order valence-electron chi connectivity index (χ3n) is 4.50. The summed E-state index contributed by atoms with van der Waals surface area (Å²) in [5, 5.41) is 12.2. The summed E-state index contributed by atoms with van der Waals surface area (Å²) in [5.41, 5.74) is -0.748. The molecule has 3 rings (SSSR count). The van der Waals surface area contributed by atoms with Crippen LogP contribution >= 0.6 is 0 Å². The van der Waals surface area contributed by atoms with Crippen molar-refractivity contribution in [3.8, 4) is 6.07 Å². The zero-order valence-electron chi connectivity index (χ0n) is 10.1. The van der Waals surface area contributed by atoms with Gasteiger partial charge in [-0.3, -0.25) is 9.59 Å². The summed E-state index contributed by atoms with van der Waals surface area (Å²) in [6, 6.07) is 1.75. The molecule has 2 bridgehead atoms. The summed E-state index contributed by atoms with van der Waals surface area (Å²) in [5.74, 6) is -0.602. The number of esters is 1. The Morgan fingerprint density at radius 1 is 1.61 bits per heavy atom. The molecule has 1 amide bonds. The van der Waals surface area contributed by atoms with Crippen LogP contribution < -0.4 is 5.32 Å². The molecule has 2 aliphatic carbocycles. The Balaban J connectivity index is 1.93. The maximum atomic E-state index is 11.7. The first-order valence-corrected chi connectivity index (χ1v) is 6.10. The average Bonchev–Trinajstić information content (AvgIpc) is 2.91. The number of carbonyl (C=O) groups is 2. The van der Waals surface area contributed by atoms with Crippen molar-refractivity contribution in [3.63, 3.8) is 0 Å². The molecule has 2 saturated carbocycles. The number of nitrogens with one attached hydrogen (secondary N) is 1. The lowest BCUT2D eigenvalue weighted by Crippen LogP contribution is -2.55. The number of nitrogens with zero attached hydrogens (tertiary/aromatic N) is 1. The van der Waals surface area contributed by atoms with E-state index in [4.69, 9.17) is 4.74 Å². The Morgan fingerprint density at radius 3 is 2.94 bits per heavy atom. The largest absolute Gasteiger partial charge is 0.441 e. The van der Waals surface area contributed by atoms with Gasteiger partial charge in [-0.1, -0.05) is 6.58 Å². The minimum Gasteiger partial charge on any atom is -0.441 e. The summed E-state index contributed by atoms with van der Waals surface area (Å²) in [4.78, 5) is 23.4. The van der Waals surface area contributed by atoms with Gasteiger partial charge >= 0.3 is 5.97 Å². The monoisotopic (exact) mass is 246 g/mol. The molecule has 1 N–H and O–H groups in total. The van der Waals surface area contributed by atoms with E-state index < -0.39 is 5.60 Å². The predicted octanol–water partition coefficient (Wildman–Crippen LogP) is 0.522. The highest BCUT2D eigenvalue weighted by Gasteiger charge is 2.71. The van der Waals surface area contributed by atoms with E-state index in [2.05, 4.69) is 18.0 Å². The Bertz CT molecular complexity index is 507. The standard InChI is InChI=1S/C13H14N2O3/c1-6(2)11(16)15-10-7-3-8-9(4-7)13(10,5-14)18-12(8)17/h7-10H,1,3-4H2,2H3,(H,15,16). The van der Waals surface area contributed by atoms with Crippen LogP contribution in [0.3, 0.4) is 0 Å². The van der Waals surface area contributed by atoms with Crippen molar-refractivity contribution in [2.24, 2.45) is 17.8 Å². The van der Waals surface area contributed by atoms with Crippen LogP contribution in [0.2, 0.25) is 0 Å². The van der Waals surface area contributed by atoms with Gasteiger partial charge in [0, 0.05) is 11.5 Å². The smallest absolute Gasteiger partial charge is 0.311 e. The second-order valence-electron chi connectivity index (χ2n) is 5.50. The fraction of sp³-hybridized carbons (Fsp3) is 0.615. The Morgan fingerprint density at radius 2 is 2.33 bits per heavy atom. The maximum absolute atomic E-state index is 11.7. The van der Waals surface area contributed by atoms with Crippen molar-refractivity contribution < 1.29 is 14.3 Å². The lowest BCUT2D eigenvalue weighted by Gasteiger charge is -2.32. The Hall–Kier alpha value is -1.83. The van der Waals surface area contributed by atoms with Gasteiger partial charge in [-0.15, -0.1) is 0 Å². The van der Waals surface area contributed by atoms with Gasteiger partial charge in [0.25, 0.3) is 0 Å². The number of hydrogen-bond acceptors (Lipinski definition) is 4. The molecule has 5 atom stereocenters. The molecule has 1 saturated heterocycles. The molecular formula is C13H14N2O3. The molecule has 94 valence electrons. The average molecular weight is 246 g/mol. The second kappa shape index (κ2) is 3.35. The van der Waals surface area contributed by atoms with Gasteiger partial charge in [0.05, 0.1) is 12.0 Å². The molecule has 1 aliphatic heterocycles. The third kappa shape index (κ3) is 1.15. The van der Waals surface area contributed by atoms with E-state index in [0.717, 1.165) is 6.42 Å². The molecule has 5 unspecified atom stereocenters. The lowest BCUT2D eigenvalue weighted by atomic mass is 9.77. The highest BCUT2D eigenvalue weighted by molar-refractivity contribution is 5.92. The van der Waals surface area contributed by atoms with Crippen LogP contribution in [0.1, 0.15) is 19.8 Å². The molecule has 0 aromatic heterocycles. The summed E-state index contributed by atoms with van der Waals surface area (Å²) in [6.07, 6.45) is 1.50. The molecule has 1 heterocycles. The van der Waals surface area contributed by atoms with E-state index in [1.807, 2.05) is 0 Å². The summed E-state index contributed by atoms with van der Waals surface area (Å²) in [6.45, 7) is 5.20. The molecule has 3 fully saturated rings. The maximum Gasteiger partial charge on any atom is 0.311 e. The van der Waals surface area contributed by atoms with Gasteiger partial charge in [-0.2, -0.15) is 5.26 Å². The number of hydrogen-bond donors (Lipinski definition) is 1. The Kier molecular flexibility index (Phi) is 2.10. The lowest BCUT2D eigenvalue weighted by molar-refractivity contribution is -0.148.